The minimum absolute atomic E-state index is 0.0813. The second-order valence-corrected chi connectivity index (χ2v) is 14.9. The van der Waals surface area contributed by atoms with Crippen LogP contribution in [0.15, 0.2) is 60.8 Å². The highest BCUT2D eigenvalue weighted by Crippen LogP contribution is 2.43. The fourth-order valence-corrected chi connectivity index (χ4v) is 5.77. The van der Waals surface area contributed by atoms with E-state index in [4.69, 9.17) is 24.8 Å². The Morgan fingerprint density at radius 3 is 1.57 bits per heavy atom. The van der Waals surface area contributed by atoms with Crippen LogP contribution in [0.1, 0.15) is 155 Å². The lowest BCUT2D eigenvalue weighted by Gasteiger charge is -2.20. The molecule has 0 heterocycles. The second-order valence-electron chi connectivity index (χ2n) is 13.4. The average molecular weight is 782 g/mol. The molecule has 3 atom stereocenters. The summed E-state index contributed by atoms with van der Waals surface area (Å²) in [6.45, 7) is 2.67. The number of carbonyl (C=O) groups is 3. The Kier molecular flexibility index (Phi) is 35.2. The van der Waals surface area contributed by atoms with E-state index in [-0.39, 0.29) is 19.4 Å². The predicted octanol–water partition coefficient (Wildman–Crippen LogP) is 10.4. The lowest BCUT2D eigenvalue weighted by molar-refractivity contribution is -0.161. The summed E-state index contributed by atoms with van der Waals surface area (Å²) in [5, 5.41) is 8.87. The maximum Gasteiger partial charge on any atom is 0.472 e. The Labute approximate surface area is 326 Å². The van der Waals surface area contributed by atoms with Gasteiger partial charge in [-0.15, -0.1) is 0 Å². The number of unbranched alkanes of at least 4 members (excludes halogenated alkanes) is 13. The van der Waals surface area contributed by atoms with Crippen molar-refractivity contribution in [2.75, 3.05) is 19.8 Å². The van der Waals surface area contributed by atoms with E-state index in [1.54, 1.807) is 0 Å². The number of aliphatic carboxylic acids is 1. The zero-order valence-electron chi connectivity index (χ0n) is 33.3. The van der Waals surface area contributed by atoms with Crippen molar-refractivity contribution in [3.05, 3.63) is 60.8 Å². The quantitative estimate of drug-likeness (QED) is 0.0237. The molecule has 11 nitrogen and oxygen atoms in total. The average Bonchev–Trinajstić information content (AvgIpc) is 3.14. The summed E-state index contributed by atoms with van der Waals surface area (Å²) < 4.78 is 32.5. The second kappa shape index (κ2) is 37.1. The number of esters is 2. The lowest BCUT2D eigenvalue weighted by Crippen LogP contribution is -2.34. The van der Waals surface area contributed by atoms with Crippen molar-refractivity contribution < 1.29 is 47.5 Å². The molecule has 0 bridgehead atoms. The fourth-order valence-electron chi connectivity index (χ4n) is 4.99. The molecule has 0 radical (unpaired) electrons. The van der Waals surface area contributed by atoms with Gasteiger partial charge in [-0.3, -0.25) is 23.4 Å². The first kappa shape index (κ1) is 51.2. The number of nitrogens with two attached hydrogens (primary N) is 1. The van der Waals surface area contributed by atoms with Gasteiger partial charge in [0.2, 0.25) is 0 Å². The van der Waals surface area contributed by atoms with Crippen molar-refractivity contribution in [3.8, 4) is 0 Å². The van der Waals surface area contributed by atoms with Crippen molar-refractivity contribution in [2.24, 2.45) is 5.73 Å². The first-order valence-electron chi connectivity index (χ1n) is 20.3. The summed E-state index contributed by atoms with van der Waals surface area (Å²) in [6.07, 6.45) is 41.5. The van der Waals surface area contributed by atoms with Gasteiger partial charge in [0, 0.05) is 12.8 Å². The molecule has 0 amide bonds. The Balaban J connectivity index is 4.54. The Morgan fingerprint density at radius 2 is 1.00 bits per heavy atom. The summed E-state index contributed by atoms with van der Waals surface area (Å²) in [7, 11) is -4.73. The molecule has 0 rings (SSSR count). The van der Waals surface area contributed by atoms with E-state index in [0.717, 1.165) is 64.2 Å². The van der Waals surface area contributed by atoms with Crippen molar-refractivity contribution in [2.45, 2.75) is 167 Å². The Bertz CT molecular complexity index is 1150. The number of carboxylic acids is 1. The molecule has 0 aromatic carbocycles. The number of carbonyl (C=O) groups excluding carboxylic acids is 2. The van der Waals surface area contributed by atoms with Gasteiger partial charge in [0.05, 0.1) is 13.2 Å². The molecule has 0 aromatic heterocycles. The highest BCUT2D eigenvalue weighted by Gasteiger charge is 2.28. The number of carboxylic acid groups (broad SMARTS) is 1. The van der Waals surface area contributed by atoms with Gasteiger partial charge in [-0.1, -0.05) is 126 Å². The number of rotatable bonds is 37. The van der Waals surface area contributed by atoms with Crippen molar-refractivity contribution >= 4 is 25.7 Å². The molecule has 54 heavy (non-hydrogen) atoms. The summed E-state index contributed by atoms with van der Waals surface area (Å²) in [5.74, 6) is -2.47. The zero-order valence-corrected chi connectivity index (χ0v) is 34.2. The largest absolute Gasteiger partial charge is 0.480 e. The van der Waals surface area contributed by atoms with Gasteiger partial charge < -0.3 is 25.2 Å². The van der Waals surface area contributed by atoms with Gasteiger partial charge in [0.15, 0.2) is 6.10 Å². The van der Waals surface area contributed by atoms with E-state index < -0.39 is 51.1 Å². The maximum absolute atomic E-state index is 12.6. The minimum Gasteiger partial charge on any atom is -0.480 e. The monoisotopic (exact) mass is 781 g/mol. The predicted molar refractivity (Wildman–Crippen MR) is 217 cm³/mol. The van der Waals surface area contributed by atoms with Gasteiger partial charge in [0.25, 0.3) is 0 Å². The third kappa shape index (κ3) is 36.2. The highest BCUT2D eigenvalue weighted by molar-refractivity contribution is 7.47. The standard InChI is InChI=1S/C42H72NO10P/c1-3-5-7-9-11-13-15-17-18-19-20-22-24-26-28-30-32-34-41(45)53-38(36-51-54(48,49)52-37-39(43)42(46)47)35-50-40(44)33-31-29-27-25-23-21-16-14-12-10-8-6-4-2/h11,13-14,16-18,20,22,26,28,38-39H,3-10,12,15,19,21,23-25,27,29-37,43H2,1-2H3,(H,46,47)(H,48,49)/b13-11+,16-14+,18-17+,22-20+,28-26+/t38-,39+/m1/s1. The molecule has 1 unspecified atom stereocenters. The zero-order chi connectivity index (χ0) is 40.0. The SMILES string of the molecule is CCCCC/C=C/C/C=C/C/C=C/C/C=C/CCCC(=O)O[C@H](COC(=O)CCCCCCC/C=C/CCCCCC)COP(=O)(O)OC[C@H](N)C(=O)O. The normalized spacial score (nSPS) is 14.4. The number of hydrogen-bond acceptors (Lipinski definition) is 9. The van der Waals surface area contributed by atoms with Crippen LogP contribution in [0.3, 0.4) is 0 Å². The summed E-state index contributed by atoms with van der Waals surface area (Å²) in [5.41, 5.74) is 5.32. The van der Waals surface area contributed by atoms with E-state index >= 15 is 0 Å². The summed E-state index contributed by atoms with van der Waals surface area (Å²) in [4.78, 5) is 45.8. The van der Waals surface area contributed by atoms with Crippen LogP contribution in [0, 0.1) is 0 Å². The fraction of sp³-hybridized carbons (Fsp3) is 0.690. The molecule has 12 heteroatoms. The molecule has 0 fully saturated rings. The van der Waals surface area contributed by atoms with E-state index in [1.807, 2.05) is 12.2 Å². The Morgan fingerprint density at radius 1 is 0.574 bits per heavy atom. The van der Waals surface area contributed by atoms with Crippen LogP contribution in [-0.4, -0.2) is 59.9 Å². The van der Waals surface area contributed by atoms with E-state index in [0.29, 0.717) is 19.3 Å². The number of ether oxygens (including phenoxy) is 2. The topological polar surface area (TPSA) is 172 Å². The smallest absolute Gasteiger partial charge is 0.472 e. The molecule has 0 saturated carbocycles. The molecule has 0 aliphatic carbocycles. The number of allylic oxidation sites excluding steroid dienone is 10. The van der Waals surface area contributed by atoms with Crippen LogP contribution in [0.5, 0.6) is 0 Å². The third-order valence-electron chi connectivity index (χ3n) is 8.24. The Hall–Kier alpha value is -2.82. The molecule has 4 N–H and O–H groups in total. The van der Waals surface area contributed by atoms with Gasteiger partial charge >= 0.3 is 25.7 Å². The minimum atomic E-state index is -4.73. The molecule has 0 saturated heterocycles. The maximum atomic E-state index is 12.6. The third-order valence-corrected chi connectivity index (χ3v) is 9.19. The van der Waals surface area contributed by atoms with Crippen molar-refractivity contribution in [3.63, 3.8) is 0 Å². The first-order chi connectivity index (χ1) is 26.1. The van der Waals surface area contributed by atoms with Gasteiger partial charge in [0.1, 0.15) is 12.6 Å². The van der Waals surface area contributed by atoms with Gasteiger partial charge in [-0.2, -0.15) is 0 Å². The van der Waals surface area contributed by atoms with E-state index in [2.05, 4.69) is 67.0 Å². The molecule has 0 spiro atoms. The molecule has 0 aliphatic heterocycles. The van der Waals surface area contributed by atoms with E-state index in [9.17, 15) is 23.8 Å². The number of phosphoric acid groups is 1. The molecular formula is C42H72NO10P. The van der Waals surface area contributed by atoms with E-state index in [1.165, 1.54) is 44.9 Å². The van der Waals surface area contributed by atoms with Crippen LogP contribution in [0.25, 0.3) is 0 Å². The van der Waals surface area contributed by atoms with Crippen molar-refractivity contribution in [1.29, 1.82) is 0 Å². The molecular weight excluding hydrogens is 709 g/mol. The van der Waals surface area contributed by atoms with Gasteiger partial charge in [-0.05, 0) is 77.0 Å². The first-order valence-corrected chi connectivity index (χ1v) is 21.8. The summed E-state index contributed by atoms with van der Waals surface area (Å²) >= 11 is 0. The lowest BCUT2D eigenvalue weighted by atomic mass is 10.1. The molecule has 0 aromatic rings. The van der Waals surface area contributed by atoms with Crippen molar-refractivity contribution in [1.82, 2.24) is 0 Å². The van der Waals surface area contributed by atoms with Crippen LogP contribution in [0.2, 0.25) is 0 Å². The van der Waals surface area contributed by atoms with Crippen LogP contribution >= 0.6 is 7.82 Å². The van der Waals surface area contributed by atoms with Crippen LogP contribution in [0.4, 0.5) is 0 Å². The molecule has 0 aliphatic rings. The highest BCUT2D eigenvalue weighted by atomic mass is 31.2. The van der Waals surface area contributed by atoms with Crippen LogP contribution < -0.4 is 5.73 Å². The van der Waals surface area contributed by atoms with Gasteiger partial charge in [-0.25, -0.2) is 4.57 Å². The number of phosphoric ester groups is 1. The van der Waals surface area contributed by atoms with Crippen LogP contribution in [-0.2, 0) is 37.5 Å². The number of hydrogen-bond donors (Lipinski definition) is 3. The summed E-state index contributed by atoms with van der Waals surface area (Å²) in [6, 6.07) is -1.53. The molecule has 310 valence electrons.